The highest BCUT2D eigenvalue weighted by Gasteiger charge is 2.35. The maximum atomic E-state index is 12.2. The van der Waals surface area contributed by atoms with Crippen molar-refractivity contribution in [3.8, 4) is 5.75 Å². The monoisotopic (exact) mass is 299 g/mol. The lowest BCUT2D eigenvalue weighted by atomic mass is 10.2. The third kappa shape index (κ3) is 3.23. The van der Waals surface area contributed by atoms with Crippen molar-refractivity contribution in [3.05, 3.63) is 28.8 Å². The zero-order valence-corrected chi connectivity index (χ0v) is 12.2. The molecule has 0 bridgehead atoms. The average molecular weight is 300 g/mol. The van der Waals surface area contributed by atoms with Gasteiger partial charge >= 0.3 is 0 Å². The minimum atomic E-state index is -0.886. The quantitative estimate of drug-likeness (QED) is 0.873. The molecule has 2 N–H and O–H groups in total. The number of aryl methyl sites for hydroxylation is 1. The molecule has 5 nitrogen and oxygen atoms in total. The molecular formula is C14H18ClNO4. The minimum absolute atomic E-state index is 0.132. The van der Waals surface area contributed by atoms with E-state index < -0.39 is 18.3 Å². The number of nitrogens with zero attached hydrogens (tertiary/aromatic N) is 1. The topological polar surface area (TPSA) is 70.0 Å². The minimum Gasteiger partial charge on any atom is -0.481 e. The number of β-amino-alcohol motifs (C(OH)–C–C–N with tert-alkyl or cyclic N) is 2. The van der Waals surface area contributed by atoms with Crippen LogP contribution in [0.4, 0.5) is 0 Å². The second-order valence-electron chi connectivity index (χ2n) is 5.05. The summed E-state index contributed by atoms with van der Waals surface area (Å²) in [6, 6.07) is 5.18. The smallest absolute Gasteiger partial charge is 0.263 e. The molecule has 1 fully saturated rings. The number of hydrogen-bond acceptors (Lipinski definition) is 4. The van der Waals surface area contributed by atoms with E-state index in [1.807, 2.05) is 6.92 Å². The van der Waals surface area contributed by atoms with Crippen molar-refractivity contribution in [2.45, 2.75) is 32.2 Å². The number of aliphatic hydroxyl groups is 2. The first-order valence-corrected chi connectivity index (χ1v) is 6.84. The average Bonchev–Trinajstić information content (AvgIpc) is 2.72. The van der Waals surface area contributed by atoms with Gasteiger partial charge in [-0.3, -0.25) is 4.79 Å². The molecule has 0 saturated carbocycles. The van der Waals surface area contributed by atoms with Gasteiger partial charge < -0.3 is 19.8 Å². The number of carbonyl (C=O) groups is 1. The summed E-state index contributed by atoms with van der Waals surface area (Å²) >= 11 is 5.87. The van der Waals surface area contributed by atoms with Crippen LogP contribution in [0.2, 0.25) is 5.02 Å². The number of amides is 1. The van der Waals surface area contributed by atoms with E-state index >= 15 is 0 Å². The first kappa shape index (κ1) is 15.1. The van der Waals surface area contributed by atoms with E-state index in [4.69, 9.17) is 16.3 Å². The number of halogens is 1. The zero-order valence-electron chi connectivity index (χ0n) is 11.4. The molecule has 110 valence electrons. The zero-order chi connectivity index (χ0) is 14.9. The first-order valence-electron chi connectivity index (χ1n) is 6.46. The SMILES string of the molecule is Cc1cc(Cl)ccc1OC(C)C(=O)N1CC(O)C(O)C1. The molecule has 0 aliphatic carbocycles. The molecule has 0 aromatic heterocycles. The lowest BCUT2D eigenvalue weighted by Crippen LogP contribution is -2.39. The van der Waals surface area contributed by atoms with Gasteiger partial charge in [0.15, 0.2) is 6.10 Å². The number of rotatable bonds is 3. The van der Waals surface area contributed by atoms with Crippen LogP contribution >= 0.6 is 11.6 Å². The summed E-state index contributed by atoms with van der Waals surface area (Å²) in [5, 5.41) is 19.5. The molecule has 1 aliphatic heterocycles. The van der Waals surface area contributed by atoms with Gasteiger partial charge in [0.05, 0.1) is 12.2 Å². The van der Waals surface area contributed by atoms with Crippen LogP contribution in [-0.2, 0) is 4.79 Å². The third-order valence-electron chi connectivity index (χ3n) is 3.36. The highest BCUT2D eigenvalue weighted by atomic mass is 35.5. The van der Waals surface area contributed by atoms with Crippen LogP contribution in [0, 0.1) is 6.92 Å². The summed E-state index contributed by atoms with van der Waals surface area (Å²) in [6.45, 7) is 3.76. The molecule has 2 rings (SSSR count). The van der Waals surface area contributed by atoms with Gasteiger partial charge in [-0.15, -0.1) is 0 Å². The Hall–Kier alpha value is -1.30. The Kier molecular flexibility index (Phi) is 4.52. The van der Waals surface area contributed by atoms with Crippen LogP contribution in [0.5, 0.6) is 5.75 Å². The second-order valence-corrected chi connectivity index (χ2v) is 5.48. The Morgan fingerprint density at radius 1 is 1.40 bits per heavy atom. The number of likely N-dealkylation sites (tertiary alicyclic amines) is 1. The standard InChI is InChI=1S/C14H18ClNO4/c1-8-5-10(15)3-4-13(8)20-9(2)14(19)16-6-11(17)12(18)7-16/h3-5,9,11-12,17-18H,6-7H2,1-2H3. The number of hydrogen-bond donors (Lipinski definition) is 2. The number of benzene rings is 1. The van der Waals surface area contributed by atoms with E-state index in [1.54, 1.807) is 25.1 Å². The van der Waals surface area contributed by atoms with Gasteiger partial charge in [-0.1, -0.05) is 11.6 Å². The Morgan fingerprint density at radius 2 is 2.00 bits per heavy atom. The van der Waals surface area contributed by atoms with Gasteiger partial charge in [-0.05, 0) is 37.6 Å². The largest absolute Gasteiger partial charge is 0.481 e. The van der Waals surface area contributed by atoms with Gasteiger partial charge in [0.25, 0.3) is 5.91 Å². The summed E-state index contributed by atoms with van der Waals surface area (Å²) < 4.78 is 5.63. The van der Waals surface area contributed by atoms with E-state index in [0.717, 1.165) is 5.56 Å². The van der Waals surface area contributed by atoms with Crippen LogP contribution in [0.15, 0.2) is 18.2 Å². The van der Waals surface area contributed by atoms with Crippen molar-refractivity contribution in [1.82, 2.24) is 4.90 Å². The van der Waals surface area contributed by atoms with Gasteiger partial charge in [0.2, 0.25) is 0 Å². The van der Waals surface area contributed by atoms with E-state index in [9.17, 15) is 15.0 Å². The molecule has 1 amide bonds. The van der Waals surface area contributed by atoms with Crippen molar-refractivity contribution in [1.29, 1.82) is 0 Å². The van der Waals surface area contributed by atoms with E-state index in [2.05, 4.69) is 0 Å². The fourth-order valence-corrected chi connectivity index (χ4v) is 2.42. The van der Waals surface area contributed by atoms with Crippen molar-refractivity contribution in [2.75, 3.05) is 13.1 Å². The highest BCUT2D eigenvalue weighted by Crippen LogP contribution is 2.23. The lowest BCUT2D eigenvalue weighted by Gasteiger charge is -2.22. The van der Waals surface area contributed by atoms with Gasteiger partial charge in [-0.25, -0.2) is 0 Å². The normalized spacial score (nSPS) is 23.8. The maximum absolute atomic E-state index is 12.2. The predicted molar refractivity (Wildman–Crippen MR) is 74.9 cm³/mol. The molecule has 6 heteroatoms. The predicted octanol–water partition coefficient (Wildman–Crippen LogP) is 0.980. The van der Waals surface area contributed by atoms with Crippen LogP contribution in [0.1, 0.15) is 12.5 Å². The summed E-state index contributed by atoms with van der Waals surface area (Å²) in [4.78, 5) is 13.6. The van der Waals surface area contributed by atoms with Crippen molar-refractivity contribution in [2.24, 2.45) is 0 Å². The lowest BCUT2D eigenvalue weighted by molar-refractivity contribution is -0.137. The summed E-state index contributed by atoms with van der Waals surface area (Å²) in [6.07, 6.45) is -2.46. The van der Waals surface area contributed by atoms with E-state index in [-0.39, 0.29) is 19.0 Å². The van der Waals surface area contributed by atoms with Gasteiger partial charge in [0.1, 0.15) is 5.75 Å². The van der Waals surface area contributed by atoms with Crippen LogP contribution in [0.25, 0.3) is 0 Å². The number of ether oxygens (including phenoxy) is 1. The number of aliphatic hydroxyl groups excluding tert-OH is 2. The van der Waals surface area contributed by atoms with Crippen molar-refractivity contribution < 1.29 is 19.7 Å². The Morgan fingerprint density at radius 3 is 2.55 bits per heavy atom. The van der Waals surface area contributed by atoms with Crippen LogP contribution in [-0.4, -0.2) is 52.4 Å². The summed E-state index contributed by atoms with van der Waals surface area (Å²) in [5.74, 6) is 0.338. The Bertz CT molecular complexity index is 498. The molecule has 0 radical (unpaired) electrons. The third-order valence-corrected chi connectivity index (χ3v) is 3.59. The van der Waals surface area contributed by atoms with Crippen LogP contribution in [0.3, 0.4) is 0 Å². The van der Waals surface area contributed by atoms with E-state index in [1.165, 1.54) is 4.90 Å². The van der Waals surface area contributed by atoms with Crippen molar-refractivity contribution >= 4 is 17.5 Å². The Balaban J connectivity index is 2.01. The maximum Gasteiger partial charge on any atom is 0.263 e. The van der Waals surface area contributed by atoms with Crippen LogP contribution < -0.4 is 4.74 Å². The highest BCUT2D eigenvalue weighted by molar-refractivity contribution is 6.30. The molecule has 3 atom stereocenters. The Labute approximate surface area is 122 Å². The summed E-state index contributed by atoms with van der Waals surface area (Å²) in [7, 11) is 0. The fraction of sp³-hybridized carbons (Fsp3) is 0.500. The molecule has 1 heterocycles. The van der Waals surface area contributed by atoms with E-state index in [0.29, 0.717) is 10.8 Å². The molecular weight excluding hydrogens is 282 g/mol. The summed E-state index contributed by atoms with van der Waals surface area (Å²) in [5.41, 5.74) is 0.846. The number of carbonyl (C=O) groups excluding carboxylic acids is 1. The molecule has 3 unspecified atom stereocenters. The molecule has 1 saturated heterocycles. The van der Waals surface area contributed by atoms with Gasteiger partial charge in [-0.2, -0.15) is 0 Å². The molecule has 1 aliphatic rings. The molecule has 20 heavy (non-hydrogen) atoms. The molecule has 1 aromatic rings. The van der Waals surface area contributed by atoms with Crippen molar-refractivity contribution in [3.63, 3.8) is 0 Å². The van der Waals surface area contributed by atoms with Gasteiger partial charge in [0, 0.05) is 18.1 Å². The second kappa shape index (κ2) is 5.99. The molecule has 0 spiro atoms. The molecule has 1 aromatic carbocycles. The fourth-order valence-electron chi connectivity index (χ4n) is 2.19. The first-order chi connectivity index (χ1) is 9.38.